The summed E-state index contributed by atoms with van der Waals surface area (Å²) in [4.78, 5) is 34.7. The number of hydrogen-bond acceptors (Lipinski definition) is 6. The van der Waals surface area contributed by atoms with Gasteiger partial charge in [0.2, 0.25) is 5.91 Å². The van der Waals surface area contributed by atoms with Crippen molar-refractivity contribution in [3.63, 3.8) is 0 Å². The molecule has 0 saturated carbocycles. The number of nitrogens with one attached hydrogen (secondary N) is 1. The topological polar surface area (TPSA) is 97.9 Å². The third-order valence-electron chi connectivity index (χ3n) is 4.36. The average molecular weight is 345 g/mol. The van der Waals surface area contributed by atoms with Crippen LogP contribution >= 0.6 is 0 Å². The van der Waals surface area contributed by atoms with Gasteiger partial charge >= 0.3 is 5.69 Å². The van der Waals surface area contributed by atoms with Crippen LogP contribution in [0, 0.1) is 0 Å². The second kappa shape index (κ2) is 7.45. The lowest BCUT2D eigenvalue weighted by Gasteiger charge is -2.34. The van der Waals surface area contributed by atoms with Crippen molar-refractivity contribution in [1.82, 2.24) is 29.6 Å². The van der Waals surface area contributed by atoms with Gasteiger partial charge in [-0.25, -0.2) is 19.4 Å². The van der Waals surface area contributed by atoms with Gasteiger partial charge in [0, 0.05) is 37.9 Å². The molecule has 0 spiro atoms. The van der Waals surface area contributed by atoms with Crippen LogP contribution in [-0.2, 0) is 24.8 Å². The number of aromatic nitrogens is 5. The fourth-order valence-electron chi connectivity index (χ4n) is 2.99. The first-order valence-electron chi connectivity index (χ1n) is 8.50. The van der Waals surface area contributed by atoms with Crippen LogP contribution in [0.5, 0.6) is 0 Å². The summed E-state index contributed by atoms with van der Waals surface area (Å²) in [5.74, 6) is 0.691. The van der Waals surface area contributed by atoms with Crippen LogP contribution in [0.1, 0.15) is 25.5 Å². The zero-order valence-electron chi connectivity index (χ0n) is 14.6. The molecule has 1 aliphatic rings. The molecule has 134 valence electrons. The van der Waals surface area contributed by atoms with Crippen molar-refractivity contribution >= 4 is 11.7 Å². The maximum atomic E-state index is 12.2. The predicted molar refractivity (Wildman–Crippen MR) is 92.3 cm³/mol. The van der Waals surface area contributed by atoms with Gasteiger partial charge in [-0.15, -0.1) is 0 Å². The zero-order valence-corrected chi connectivity index (χ0v) is 14.6. The van der Waals surface area contributed by atoms with E-state index in [2.05, 4.69) is 32.2 Å². The number of aryl methyl sites for hydroxylation is 2. The number of hydrogen-bond donors (Lipinski definition) is 1. The van der Waals surface area contributed by atoms with E-state index in [-0.39, 0.29) is 24.2 Å². The van der Waals surface area contributed by atoms with E-state index in [0.29, 0.717) is 6.54 Å². The minimum Gasteiger partial charge on any atom is -0.354 e. The van der Waals surface area contributed by atoms with Crippen molar-refractivity contribution in [2.24, 2.45) is 7.05 Å². The summed E-state index contributed by atoms with van der Waals surface area (Å²) in [7, 11) is 1.61. The second-order valence-corrected chi connectivity index (χ2v) is 6.26. The first kappa shape index (κ1) is 17.1. The molecule has 1 N–H and O–H groups in total. The molecule has 9 heteroatoms. The van der Waals surface area contributed by atoms with Crippen LogP contribution in [0.15, 0.2) is 23.5 Å². The summed E-state index contributed by atoms with van der Waals surface area (Å²) in [5, 5.41) is 6.91. The molecule has 2 aromatic heterocycles. The van der Waals surface area contributed by atoms with E-state index in [0.717, 1.165) is 42.0 Å². The molecule has 1 atom stereocenters. The average Bonchev–Trinajstić information content (AvgIpc) is 2.94. The minimum absolute atomic E-state index is 0.0284. The van der Waals surface area contributed by atoms with Gasteiger partial charge in [0.05, 0.1) is 0 Å². The molecule has 0 aromatic carbocycles. The highest BCUT2D eigenvalue weighted by Gasteiger charge is 2.23. The number of carbonyl (C=O) groups is 1. The van der Waals surface area contributed by atoms with Gasteiger partial charge in [0.25, 0.3) is 0 Å². The maximum Gasteiger partial charge on any atom is 0.345 e. The number of piperidine rings is 1. The van der Waals surface area contributed by atoms with E-state index in [4.69, 9.17) is 0 Å². The van der Waals surface area contributed by atoms with Gasteiger partial charge in [-0.3, -0.25) is 9.36 Å². The molecule has 1 saturated heterocycles. The van der Waals surface area contributed by atoms with E-state index in [9.17, 15) is 9.59 Å². The van der Waals surface area contributed by atoms with Gasteiger partial charge < -0.3 is 10.2 Å². The largest absolute Gasteiger partial charge is 0.354 e. The third-order valence-corrected chi connectivity index (χ3v) is 4.36. The van der Waals surface area contributed by atoms with Crippen molar-refractivity contribution in [3.05, 3.63) is 34.9 Å². The molecule has 1 aliphatic heterocycles. The highest BCUT2D eigenvalue weighted by molar-refractivity contribution is 5.76. The molecule has 9 nitrogen and oxygen atoms in total. The molecular weight excluding hydrogens is 322 g/mol. The Morgan fingerprint density at radius 2 is 2.24 bits per heavy atom. The Balaban J connectivity index is 1.60. The van der Waals surface area contributed by atoms with E-state index in [1.54, 1.807) is 13.4 Å². The van der Waals surface area contributed by atoms with Gasteiger partial charge in [-0.05, 0) is 19.3 Å². The molecular formula is C16H23N7O2. The van der Waals surface area contributed by atoms with Crippen molar-refractivity contribution in [3.8, 4) is 0 Å². The van der Waals surface area contributed by atoms with E-state index in [1.807, 2.05) is 6.07 Å². The molecule has 3 heterocycles. The van der Waals surface area contributed by atoms with Crippen LogP contribution < -0.4 is 15.9 Å². The van der Waals surface area contributed by atoms with Crippen LogP contribution in [0.25, 0.3) is 0 Å². The highest BCUT2D eigenvalue weighted by Crippen LogP contribution is 2.18. The standard InChI is InChI=1S/C16H23N7O2/c1-3-12-7-14(18-10-17-12)22-6-4-5-13(8-22)20-15(24)9-23-16(25)21(2)11-19-23/h7,10-11,13H,3-6,8-9H2,1-2H3,(H,20,24). The molecule has 1 fully saturated rings. The Morgan fingerprint density at radius 1 is 1.40 bits per heavy atom. The Bertz CT molecular complexity index is 798. The van der Waals surface area contributed by atoms with Crippen LogP contribution in [-0.4, -0.2) is 49.4 Å². The van der Waals surface area contributed by atoms with E-state index >= 15 is 0 Å². The highest BCUT2D eigenvalue weighted by atomic mass is 16.2. The molecule has 2 aromatic rings. The number of nitrogens with zero attached hydrogens (tertiary/aromatic N) is 6. The number of amides is 1. The van der Waals surface area contributed by atoms with E-state index < -0.39 is 0 Å². The molecule has 0 aliphatic carbocycles. The summed E-state index contributed by atoms with van der Waals surface area (Å²) >= 11 is 0. The van der Waals surface area contributed by atoms with Crippen LogP contribution in [0.2, 0.25) is 0 Å². The lowest BCUT2D eigenvalue weighted by Crippen LogP contribution is -2.49. The normalized spacial score (nSPS) is 17.5. The predicted octanol–water partition coefficient (Wildman–Crippen LogP) is -0.281. The van der Waals surface area contributed by atoms with Gasteiger partial charge in [0.15, 0.2) is 0 Å². The zero-order chi connectivity index (χ0) is 17.8. The molecule has 0 radical (unpaired) electrons. The smallest absolute Gasteiger partial charge is 0.345 e. The molecule has 25 heavy (non-hydrogen) atoms. The number of rotatable bonds is 5. The third kappa shape index (κ3) is 4.04. The lowest BCUT2D eigenvalue weighted by molar-refractivity contribution is -0.122. The van der Waals surface area contributed by atoms with Crippen LogP contribution in [0.3, 0.4) is 0 Å². The fourth-order valence-corrected chi connectivity index (χ4v) is 2.99. The van der Waals surface area contributed by atoms with Gasteiger partial charge in [0.1, 0.15) is 25.0 Å². The fraction of sp³-hybridized carbons (Fsp3) is 0.562. The summed E-state index contributed by atoms with van der Waals surface area (Å²) in [6.45, 7) is 3.60. The first-order valence-corrected chi connectivity index (χ1v) is 8.50. The second-order valence-electron chi connectivity index (χ2n) is 6.26. The number of anilines is 1. The molecule has 1 unspecified atom stereocenters. The molecule has 3 rings (SSSR count). The van der Waals surface area contributed by atoms with Gasteiger partial charge in [-0.1, -0.05) is 6.92 Å². The molecule has 0 bridgehead atoms. The summed E-state index contributed by atoms with van der Waals surface area (Å²) in [5.41, 5.74) is 0.708. The summed E-state index contributed by atoms with van der Waals surface area (Å²) < 4.78 is 2.50. The van der Waals surface area contributed by atoms with Crippen molar-refractivity contribution in [2.45, 2.75) is 38.8 Å². The monoisotopic (exact) mass is 345 g/mol. The van der Waals surface area contributed by atoms with E-state index in [1.165, 1.54) is 10.9 Å². The Hall–Kier alpha value is -2.71. The Morgan fingerprint density at radius 3 is 2.96 bits per heavy atom. The molecule has 1 amide bonds. The SMILES string of the molecule is CCc1cc(N2CCCC(NC(=O)Cn3ncn(C)c3=O)C2)ncn1. The maximum absolute atomic E-state index is 12.2. The van der Waals surface area contributed by atoms with Crippen molar-refractivity contribution in [1.29, 1.82) is 0 Å². The Kier molecular flexibility index (Phi) is 5.11. The first-order chi connectivity index (χ1) is 12.1. The van der Waals surface area contributed by atoms with Crippen LogP contribution in [0.4, 0.5) is 5.82 Å². The van der Waals surface area contributed by atoms with Crippen molar-refractivity contribution in [2.75, 3.05) is 18.0 Å². The minimum atomic E-state index is -0.298. The Labute approximate surface area is 145 Å². The van der Waals surface area contributed by atoms with Crippen molar-refractivity contribution < 1.29 is 4.79 Å². The number of carbonyl (C=O) groups excluding carboxylic acids is 1. The van der Waals surface area contributed by atoms with Gasteiger partial charge in [-0.2, -0.15) is 5.10 Å². The summed E-state index contributed by atoms with van der Waals surface area (Å²) in [6.07, 6.45) is 5.73. The quantitative estimate of drug-likeness (QED) is 0.800. The lowest BCUT2D eigenvalue weighted by atomic mass is 10.1. The summed E-state index contributed by atoms with van der Waals surface area (Å²) in [6, 6.07) is 2.03.